The Morgan fingerprint density at radius 1 is 1.16 bits per heavy atom. The Balaban J connectivity index is 1.73. The summed E-state index contributed by atoms with van der Waals surface area (Å²) in [4.78, 5) is 14.7. The number of hydrogen-bond acceptors (Lipinski definition) is 6. The van der Waals surface area contributed by atoms with Crippen LogP contribution in [0.3, 0.4) is 0 Å². The van der Waals surface area contributed by atoms with Crippen LogP contribution in [-0.2, 0) is 27.9 Å². The number of anilines is 1. The van der Waals surface area contributed by atoms with Gasteiger partial charge in [-0.1, -0.05) is 43.3 Å². The molecule has 1 aromatic carbocycles. The number of aromatic nitrogens is 3. The Hall–Kier alpha value is -2.07. The van der Waals surface area contributed by atoms with E-state index in [9.17, 15) is 13.2 Å². The van der Waals surface area contributed by atoms with E-state index in [1.165, 1.54) is 22.3 Å². The third-order valence-electron chi connectivity index (χ3n) is 5.66. The minimum Gasteiger partial charge on any atom is -0.341 e. The van der Waals surface area contributed by atoms with Crippen LogP contribution in [-0.4, -0.2) is 59.1 Å². The third kappa shape index (κ3) is 6.04. The highest BCUT2D eigenvalue weighted by Gasteiger charge is 2.26. The van der Waals surface area contributed by atoms with Crippen molar-refractivity contribution in [1.82, 2.24) is 19.7 Å². The lowest BCUT2D eigenvalue weighted by Gasteiger charge is -2.34. The first kappa shape index (κ1) is 24.6. The maximum atomic E-state index is 12.8. The molecule has 176 valence electrons. The van der Waals surface area contributed by atoms with Gasteiger partial charge in [0, 0.05) is 19.6 Å². The lowest BCUT2D eigenvalue weighted by Crippen LogP contribution is -2.43. The number of hydrogen-bond donors (Lipinski definition) is 0. The summed E-state index contributed by atoms with van der Waals surface area (Å²) in [5, 5.41) is 9.15. The van der Waals surface area contributed by atoms with E-state index in [0.29, 0.717) is 40.8 Å². The van der Waals surface area contributed by atoms with Crippen LogP contribution in [0.4, 0.5) is 5.69 Å². The van der Waals surface area contributed by atoms with Crippen molar-refractivity contribution in [3.8, 4) is 0 Å². The molecular weight excluding hydrogens is 446 g/mol. The number of nitrogens with zero attached hydrogens (tertiary/aromatic N) is 5. The highest BCUT2D eigenvalue weighted by molar-refractivity contribution is 7.99. The zero-order chi connectivity index (χ0) is 23.5. The lowest BCUT2D eigenvalue weighted by molar-refractivity contribution is -0.130. The number of piperidine rings is 1. The molecule has 2 heterocycles. The van der Waals surface area contributed by atoms with Gasteiger partial charge in [0.15, 0.2) is 11.0 Å². The lowest BCUT2D eigenvalue weighted by atomic mass is 9.92. The number of thioether (sulfide) groups is 1. The van der Waals surface area contributed by atoms with Gasteiger partial charge in [0.25, 0.3) is 0 Å². The number of rotatable bonds is 8. The second-order valence-corrected chi connectivity index (χ2v) is 11.6. The second-order valence-electron chi connectivity index (χ2n) is 8.78. The van der Waals surface area contributed by atoms with Crippen molar-refractivity contribution < 1.29 is 13.2 Å². The molecular formula is C22H33N5O3S2. The van der Waals surface area contributed by atoms with Gasteiger partial charge in [0.2, 0.25) is 15.9 Å². The molecule has 1 fully saturated rings. The Bertz CT molecular complexity index is 1030. The van der Waals surface area contributed by atoms with E-state index in [1.54, 1.807) is 12.1 Å². The standard InChI is InChI=1S/C22H33N5O3S2/c1-6-26-20(14-27(32(5,29)30)19-9-7-16(2)8-10-19)23-24-22(26)31-15-21(28)25-12-17(3)11-18(4)13-25/h7-10,17-18H,6,11-15H2,1-5H3. The number of benzene rings is 1. The molecule has 3 rings (SSSR count). The summed E-state index contributed by atoms with van der Waals surface area (Å²) in [5.41, 5.74) is 1.64. The van der Waals surface area contributed by atoms with E-state index < -0.39 is 10.0 Å². The molecule has 1 aromatic heterocycles. The Labute approximate surface area is 195 Å². The van der Waals surface area contributed by atoms with Crippen LogP contribution in [0.1, 0.15) is 38.6 Å². The van der Waals surface area contributed by atoms with E-state index >= 15 is 0 Å². The smallest absolute Gasteiger partial charge is 0.233 e. The number of aryl methyl sites for hydroxylation is 1. The summed E-state index contributed by atoms with van der Waals surface area (Å²) in [5.74, 6) is 1.99. The van der Waals surface area contributed by atoms with Crippen molar-refractivity contribution in [2.24, 2.45) is 11.8 Å². The SMILES string of the molecule is CCn1c(CN(c2ccc(C)cc2)S(C)(=O)=O)nnc1SCC(=O)N1CC(C)CC(C)C1. The summed E-state index contributed by atoms with van der Waals surface area (Å²) in [6.45, 7) is 10.6. The first-order valence-corrected chi connectivity index (χ1v) is 13.8. The number of amides is 1. The third-order valence-corrected chi connectivity index (χ3v) is 7.76. The molecule has 2 aromatic rings. The van der Waals surface area contributed by atoms with Gasteiger partial charge < -0.3 is 9.47 Å². The highest BCUT2D eigenvalue weighted by atomic mass is 32.2. The molecule has 0 spiro atoms. The molecule has 2 unspecified atom stereocenters. The Morgan fingerprint density at radius 2 is 1.78 bits per heavy atom. The van der Waals surface area contributed by atoms with Crippen molar-refractivity contribution in [3.05, 3.63) is 35.7 Å². The summed E-state index contributed by atoms with van der Waals surface area (Å²) in [6.07, 6.45) is 2.34. The number of carbonyl (C=O) groups excluding carboxylic acids is 1. The maximum absolute atomic E-state index is 12.8. The van der Waals surface area contributed by atoms with Gasteiger partial charge in [-0.3, -0.25) is 9.10 Å². The fourth-order valence-corrected chi connectivity index (χ4v) is 5.96. The number of carbonyl (C=O) groups is 1. The maximum Gasteiger partial charge on any atom is 0.233 e. The van der Waals surface area contributed by atoms with Crippen LogP contribution in [0.5, 0.6) is 0 Å². The van der Waals surface area contributed by atoms with Gasteiger partial charge in [-0.25, -0.2) is 8.42 Å². The monoisotopic (exact) mass is 479 g/mol. The first-order chi connectivity index (χ1) is 15.1. The van der Waals surface area contributed by atoms with Gasteiger partial charge in [-0.15, -0.1) is 10.2 Å². The van der Waals surface area contributed by atoms with Crippen LogP contribution in [0.2, 0.25) is 0 Å². The molecule has 10 heteroatoms. The molecule has 32 heavy (non-hydrogen) atoms. The Morgan fingerprint density at radius 3 is 2.34 bits per heavy atom. The van der Waals surface area contributed by atoms with Crippen LogP contribution in [0.15, 0.2) is 29.4 Å². The van der Waals surface area contributed by atoms with Crippen molar-refractivity contribution in [1.29, 1.82) is 0 Å². The predicted octanol–water partition coefficient (Wildman–Crippen LogP) is 3.17. The molecule has 1 saturated heterocycles. The van der Waals surface area contributed by atoms with Crippen LogP contribution in [0, 0.1) is 18.8 Å². The average molecular weight is 480 g/mol. The molecule has 2 atom stereocenters. The van der Waals surface area contributed by atoms with Crippen molar-refractivity contribution in [3.63, 3.8) is 0 Å². The minimum atomic E-state index is -3.51. The average Bonchev–Trinajstić information content (AvgIpc) is 3.11. The fraction of sp³-hybridized carbons (Fsp3) is 0.591. The molecule has 0 N–H and O–H groups in total. The van der Waals surface area contributed by atoms with Crippen LogP contribution >= 0.6 is 11.8 Å². The normalized spacial score (nSPS) is 19.2. The topological polar surface area (TPSA) is 88.4 Å². The molecule has 8 nitrogen and oxygen atoms in total. The fourth-order valence-electron chi connectivity index (χ4n) is 4.18. The van der Waals surface area contributed by atoms with E-state index in [-0.39, 0.29) is 12.5 Å². The summed E-state index contributed by atoms with van der Waals surface area (Å²) in [7, 11) is -3.51. The summed E-state index contributed by atoms with van der Waals surface area (Å²) >= 11 is 1.36. The number of likely N-dealkylation sites (tertiary alicyclic amines) is 1. The molecule has 0 bridgehead atoms. The number of sulfonamides is 1. The quantitative estimate of drug-likeness (QED) is 0.541. The molecule has 1 aliphatic heterocycles. The molecule has 0 radical (unpaired) electrons. The van der Waals surface area contributed by atoms with E-state index in [4.69, 9.17) is 0 Å². The van der Waals surface area contributed by atoms with Crippen molar-refractivity contribution >= 4 is 33.4 Å². The predicted molar refractivity (Wildman–Crippen MR) is 128 cm³/mol. The van der Waals surface area contributed by atoms with Crippen LogP contribution in [0.25, 0.3) is 0 Å². The van der Waals surface area contributed by atoms with Gasteiger partial charge >= 0.3 is 0 Å². The van der Waals surface area contributed by atoms with E-state index in [1.807, 2.05) is 35.4 Å². The van der Waals surface area contributed by atoms with Gasteiger partial charge in [0.1, 0.15) is 0 Å². The van der Waals surface area contributed by atoms with Gasteiger partial charge in [-0.05, 0) is 44.2 Å². The molecule has 1 amide bonds. The summed E-state index contributed by atoms with van der Waals surface area (Å²) in [6, 6.07) is 7.34. The molecule has 0 aliphatic carbocycles. The molecule has 0 saturated carbocycles. The largest absolute Gasteiger partial charge is 0.341 e. The first-order valence-electron chi connectivity index (χ1n) is 11.0. The molecule has 1 aliphatic rings. The zero-order valence-electron chi connectivity index (χ0n) is 19.5. The minimum absolute atomic E-state index is 0.0817. The van der Waals surface area contributed by atoms with Crippen molar-refractivity contribution in [2.45, 2.75) is 52.4 Å². The summed E-state index contributed by atoms with van der Waals surface area (Å²) < 4.78 is 28.2. The van der Waals surface area contributed by atoms with E-state index in [0.717, 1.165) is 25.1 Å². The Kier molecular flexibility index (Phi) is 7.87. The van der Waals surface area contributed by atoms with E-state index in [2.05, 4.69) is 24.0 Å². The van der Waals surface area contributed by atoms with Crippen LogP contribution < -0.4 is 4.31 Å². The van der Waals surface area contributed by atoms with Gasteiger partial charge in [0.05, 0.1) is 24.2 Å². The van der Waals surface area contributed by atoms with Crippen molar-refractivity contribution in [2.75, 3.05) is 29.4 Å². The van der Waals surface area contributed by atoms with Gasteiger partial charge in [-0.2, -0.15) is 0 Å². The zero-order valence-corrected chi connectivity index (χ0v) is 21.1. The highest BCUT2D eigenvalue weighted by Crippen LogP contribution is 2.25. The second kappa shape index (κ2) is 10.2.